The fourth-order valence-corrected chi connectivity index (χ4v) is 5.43. The lowest BCUT2D eigenvalue weighted by atomic mass is 9.95. The van der Waals surface area contributed by atoms with Crippen LogP contribution in [0.25, 0.3) is 0 Å². The van der Waals surface area contributed by atoms with Crippen LogP contribution in [-0.2, 0) is 11.3 Å². The van der Waals surface area contributed by atoms with Gasteiger partial charge < -0.3 is 5.32 Å². The van der Waals surface area contributed by atoms with E-state index in [1.54, 1.807) is 11.3 Å². The van der Waals surface area contributed by atoms with Crippen molar-refractivity contribution >= 4 is 28.8 Å². The highest BCUT2D eigenvalue weighted by Crippen LogP contribution is 2.27. The van der Waals surface area contributed by atoms with E-state index < -0.39 is 0 Å². The molecule has 2 fully saturated rings. The molecule has 1 amide bonds. The molecule has 2 aliphatic rings. The van der Waals surface area contributed by atoms with Crippen LogP contribution >= 0.6 is 22.9 Å². The Morgan fingerprint density at radius 2 is 2.03 bits per heavy atom. The summed E-state index contributed by atoms with van der Waals surface area (Å²) in [7, 11) is 0. The topological polar surface area (TPSA) is 48.5 Å². The van der Waals surface area contributed by atoms with Gasteiger partial charge in [0.2, 0.25) is 5.91 Å². The third-order valence-corrected chi connectivity index (χ3v) is 7.35. The Labute approximate surface area is 188 Å². The van der Waals surface area contributed by atoms with Gasteiger partial charge in [-0.3, -0.25) is 14.6 Å². The van der Waals surface area contributed by atoms with Crippen molar-refractivity contribution < 1.29 is 4.79 Å². The van der Waals surface area contributed by atoms with Crippen molar-refractivity contribution in [1.29, 1.82) is 0 Å². The fraction of sp³-hybridized carbons (Fsp3) is 0.565. The van der Waals surface area contributed by atoms with E-state index in [4.69, 9.17) is 11.6 Å². The molecule has 1 aromatic heterocycles. The number of piperidine rings is 1. The summed E-state index contributed by atoms with van der Waals surface area (Å²) < 4.78 is 0. The summed E-state index contributed by atoms with van der Waals surface area (Å²) in [6.07, 6.45) is 4.28. The lowest BCUT2D eigenvalue weighted by Gasteiger charge is -2.32. The molecule has 5 nitrogen and oxygen atoms in total. The third kappa shape index (κ3) is 5.61. The second-order valence-corrected chi connectivity index (χ2v) is 9.97. The molecule has 1 unspecified atom stereocenters. The molecule has 2 saturated heterocycles. The molecule has 0 saturated carbocycles. The molecule has 1 N–H and O–H groups in total. The molecule has 162 valence electrons. The second kappa shape index (κ2) is 10.2. The summed E-state index contributed by atoms with van der Waals surface area (Å²) in [4.78, 5) is 22.4. The number of hydrogen-bond acceptors (Lipinski definition) is 5. The predicted molar refractivity (Wildman–Crippen MR) is 123 cm³/mol. The summed E-state index contributed by atoms with van der Waals surface area (Å²) in [6.45, 7) is 7.67. The first kappa shape index (κ1) is 21.8. The minimum atomic E-state index is 0.108. The number of aromatic nitrogens is 1. The van der Waals surface area contributed by atoms with Gasteiger partial charge in [0.1, 0.15) is 0 Å². The fourth-order valence-electron chi connectivity index (χ4n) is 4.63. The summed E-state index contributed by atoms with van der Waals surface area (Å²) in [5.41, 5.74) is 2.34. The molecule has 1 atom stereocenters. The number of hydrogen-bond donors (Lipinski definition) is 1. The largest absolute Gasteiger partial charge is 0.354 e. The number of benzene rings is 1. The van der Waals surface area contributed by atoms with Crippen LogP contribution in [0.4, 0.5) is 0 Å². The van der Waals surface area contributed by atoms with Crippen molar-refractivity contribution in [1.82, 2.24) is 20.1 Å². The van der Waals surface area contributed by atoms with Crippen LogP contribution in [0.5, 0.6) is 0 Å². The molecule has 0 radical (unpaired) electrons. The number of amides is 1. The van der Waals surface area contributed by atoms with Crippen LogP contribution in [0, 0.1) is 12.8 Å². The minimum absolute atomic E-state index is 0.108. The van der Waals surface area contributed by atoms with E-state index in [1.165, 1.54) is 18.4 Å². The van der Waals surface area contributed by atoms with E-state index in [0.717, 1.165) is 61.3 Å². The van der Waals surface area contributed by atoms with E-state index in [-0.39, 0.29) is 17.9 Å². The van der Waals surface area contributed by atoms with E-state index in [9.17, 15) is 4.79 Å². The minimum Gasteiger partial charge on any atom is -0.354 e. The van der Waals surface area contributed by atoms with E-state index >= 15 is 0 Å². The molecular weight excluding hydrogens is 416 g/mol. The third-order valence-electron chi connectivity index (χ3n) is 6.30. The highest BCUT2D eigenvalue weighted by Gasteiger charge is 2.28. The second-order valence-electron chi connectivity index (χ2n) is 8.47. The number of rotatable bonds is 7. The van der Waals surface area contributed by atoms with Crippen LogP contribution < -0.4 is 5.32 Å². The zero-order valence-electron chi connectivity index (χ0n) is 17.6. The molecule has 2 aliphatic heterocycles. The van der Waals surface area contributed by atoms with Gasteiger partial charge >= 0.3 is 0 Å². The van der Waals surface area contributed by atoms with Crippen molar-refractivity contribution in [2.75, 3.05) is 32.7 Å². The maximum absolute atomic E-state index is 12.9. The van der Waals surface area contributed by atoms with Crippen LogP contribution in [0.15, 0.2) is 29.6 Å². The Hall–Kier alpha value is -1.47. The summed E-state index contributed by atoms with van der Waals surface area (Å²) in [5, 5.41) is 7.28. The Morgan fingerprint density at radius 1 is 1.27 bits per heavy atom. The maximum Gasteiger partial charge on any atom is 0.223 e. The SMILES string of the molecule is Cc1nc(CN2CCC(C(=O)NCC(c3cccc(Cl)c3)N3CCCC3)CC2)cs1. The number of carbonyl (C=O) groups excluding carboxylic acids is 1. The highest BCUT2D eigenvalue weighted by molar-refractivity contribution is 7.09. The Kier molecular flexibility index (Phi) is 7.41. The van der Waals surface area contributed by atoms with Gasteiger partial charge in [0.15, 0.2) is 0 Å². The van der Waals surface area contributed by atoms with Crippen molar-refractivity contribution in [2.24, 2.45) is 5.92 Å². The monoisotopic (exact) mass is 446 g/mol. The molecule has 0 bridgehead atoms. The molecule has 2 aromatic rings. The summed E-state index contributed by atoms with van der Waals surface area (Å²) in [5.74, 6) is 0.308. The number of carbonyl (C=O) groups is 1. The summed E-state index contributed by atoms with van der Waals surface area (Å²) >= 11 is 7.94. The van der Waals surface area contributed by atoms with Gasteiger partial charge in [-0.05, 0) is 76.5 Å². The Balaban J connectivity index is 1.29. The van der Waals surface area contributed by atoms with Crippen molar-refractivity contribution in [2.45, 2.75) is 45.2 Å². The van der Waals surface area contributed by atoms with Crippen molar-refractivity contribution in [3.8, 4) is 0 Å². The van der Waals surface area contributed by atoms with Gasteiger partial charge in [-0.25, -0.2) is 4.98 Å². The number of aryl methyl sites for hydroxylation is 1. The average Bonchev–Trinajstić information content (AvgIpc) is 3.41. The first-order chi connectivity index (χ1) is 14.6. The normalized spacial score (nSPS) is 19.8. The first-order valence-corrected chi connectivity index (χ1v) is 12.2. The number of likely N-dealkylation sites (tertiary alicyclic amines) is 2. The molecular formula is C23H31ClN4OS. The van der Waals surface area contributed by atoms with Crippen LogP contribution in [0.1, 0.15) is 48.0 Å². The zero-order chi connectivity index (χ0) is 20.9. The van der Waals surface area contributed by atoms with Gasteiger partial charge in [-0.15, -0.1) is 11.3 Å². The van der Waals surface area contributed by atoms with E-state index in [0.29, 0.717) is 6.54 Å². The standard InChI is InChI=1S/C23H31ClN4OS/c1-17-26-21(16-30-17)15-27-11-7-18(8-12-27)23(29)25-14-22(28-9-2-3-10-28)19-5-4-6-20(24)13-19/h4-6,13,16,18,22H,2-3,7-12,14-15H2,1H3,(H,25,29). The number of thiazole rings is 1. The highest BCUT2D eigenvalue weighted by atomic mass is 35.5. The van der Waals surface area contributed by atoms with E-state index in [1.807, 2.05) is 25.1 Å². The lowest BCUT2D eigenvalue weighted by Crippen LogP contribution is -2.43. The lowest BCUT2D eigenvalue weighted by molar-refractivity contribution is -0.126. The molecule has 4 rings (SSSR count). The zero-order valence-corrected chi connectivity index (χ0v) is 19.2. The summed E-state index contributed by atoms with van der Waals surface area (Å²) in [6, 6.07) is 8.27. The smallest absolute Gasteiger partial charge is 0.223 e. The van der Waals surface area contributed by atoms with Gasteiger partial charge in [0, 0.05) is 29.4 Å². The maximum atomic E-state index is 12.9. The average molecular weight is 447 g/mol. The van der Waals surface area contributed by atoms with Gasteiger partial charge in [-0.1, -0.05) is 23.7 Å². The van der Waals surface area contributed by atoms with Gasteiger partial charge in [-0.2, -0.15) is 0 Å². The van der Waals surface area contributed by atoms with Crippen molar-refractivity contribution in [3.63, 3.8) is 0 Å². The number of halogens is 1. The molecule has 30 heavy (non-hydrogen) atoms. The molecule has 7 heteroatoms. The molecule has 0 aliphatic carbocycles. The van der Waals surface area contributed by atoms with Crippen LogP contribution in [0.2, 0.25) is 5.02 Å². The van der Waals surface area contributed by atoms with Gasteiger partial charge in [0.25, 0.3) is 0 Å². The predicted octanol–water partition coefficient (Wildman–Crippen LogP) is 4.27. The number of nitrogens with zero attached hydrogens (tertiary/aromatic N) is 3. The van der Waals surface area contributed by atoms with Gasteiger partial charge in [0.05, 0.1) is 16.7 Å². The van der Waals surface area contributed by atoms with Crippen molar-refractivity contribution in [3.05, 3.63) is 50.9 Å². The molecule has 1 aromatic carbocycles. The quantitative estimate of drug-likeness (QED) is 0.689. The van der Waals surface area contributed by atoms with E-state index in [2.05, 4.69) is 31.5 Å². The molecule has 0 spiro atoms. The first-order valence-electron chi connectivity index (χ1n) is 11.0. The van der Waals surface area contributed by atoms with Crippen LogP contribution in [0.3, 0.4) is 0 Å². The Morgan fingerprint density at radius 3 is 2.70 bits per heavy atom. The molecule has 3 heterocycles. The Bertz CT molecular complexity index is 843. The van der Waals surface area contributed by atoms with Crippen LogP contribution in [-0.4, -0.2) is 53.4 Å². The number of nitrogens with one attached hydrogen (secondary N) is 1.